The van der Waals surface area contributed by atoms with Crippen LogP contribution in [-0.2, 0) is 14.3 Å². The quantitative estimate of drug-likeness (QED) is 0.779. The summed E-state index contributed by atoms with van der Waals surface area (Å²) in [5.41, 5.74) is 2.02. The number of aliphatic imine (C=N–C) groups is 1. The number of hydrogen-bond donors (Lipinski definition) is 1. The summed E-state index contributed by atoms with van der Waals surface area (Å²) < 4.78 is 39.6. The predicted molar refractivity (Wildman–Crippen MR) is 108 cm³/mol. The summed E-state index contributed by atoms with van der Waals surface area (Å²) in [5.74, 6) is -2.20. The molecule has 6 nitrogen and oxygen atoms in total. The Morgan fingerprint density at radius 3 is 2.60 bits per heavy atom. The molecular formula is C22H21F2N3O3. The van der Waals surface area contributed by atoms with Crippen molar-refractivity contribution in [1.82, 2.24) is 0 Å². The maximum Gasteiger partial charge on any atom is 0.237 e. The highest BCUT2D eigenvalue weighted by Crippen LogP contribution is 2.35. The highest BCUT2D eigenvalue weighted by molar-refractivity contribution is 6.12. The molecule has 0 radical (unpaired) electrons. The van der Waals surface area contributed by atoms with E-state index >= 15 is 0 Å². The molecule has 2 aromatic carbocycles. The van der Waals surface area contributed by atoms with E-state index in [1.54, 1.807) is 18.2 Å². The van der Waals surface area contributed by atoms with Crippen molar-refractivity contribution in [2.24, 2.45) is 4.99 Å². The lowest BCUT2D eigenvalue weighted by molar-refractivity contribution is -0.169. The van der Waals surface area contributed by atoms with Gasteiger partial charge in [-0.05, 0) is 29.8 Å². The van der Waals surface area contributed by atoms with Crippen LogP contribution in [-0.4, -0.2) is 44.2 Å². The Kier molecular flexibility index (Phi) is 4.75. The number of carbonyl (C=O) groups excluding carboxylic acids is 1. The van der Waals surface area contributed by atoms with Gasteiger partial charge in [0.1, 0.15) is 17.6 Å². The van der Waals surface area contributed by atoms with Gasteiger partial charge in [0, 0.05) is 43.9 Å². The monoisotopic (exact) mass is 413 g/mol. The van der Waals surface area contributed by atoms with E-state index in [0.29, 0.717) is 61.8 Å². The van der Waals surface area contributed by atoms with Crippen LogP contribution in [0.4, 0.5) is 25.8 Å². The van der Waals surface area contributed by atoms with Gasteiger partial charge < -0.3 is 19.7 Å². The van der Waals surface area contributed by atoms with Gasteiger partial charge in [-0.1, -0.05) is 6.07 Å². The molecule has 5 rings (SSSR count). The van der Waals surface area contributed by atoms with E-state index in [-0.39, 0.29) is 11.7 Å². The average Bonchev–Trinajstić information content (AvgIpc) is 3.31. The lowest BCUT2D eigenvalue weighted by atomic mass is 10.0. The summed E-state index contributed by atoms with van der Waals surface area (Å²) in [6.07, 6.45) is 2.86. The molecule has 2 aromatic rings. The second-order valence-electron chi connectivity index (χ2n) is 7.71. The van der Waals surface area contributed by atoms with Crippen molar-refractivity contribution in [2.75, 3.05) is 36.5 Å². The van der Waals surface area contributed by atoms with Gasteiger partial charge in [0.25, 0.3) is 0 Å². The van der Waals surface area contributed by atoms with Crippen molar-refractivity contribution in [2.45, 2.75) is 24.5 Å². The molecule has 156 valence electrons. The summed E-state index contributed by atoms with van der Waals surface area (Å²) in [7, 11) is 0. The SMILES string of the molecule is O=C1Nc2cc(F)ccc2C1C=Nc1ccc(N2CCC3(CC2)OCCO3)c(F)c1. The molecule has 0 aliphatic carbocycles. The molecule has 0 aromatic heterocycles. The first kappa shape index (κ1) is 19.1. The number of ether oxygens (including phenoxy) is 2. The van der Waals surface area contributed by atoms with Crippen molar-refractivity contribution >= 4 is 29.2 Å². The molecule has 8 heteroatoms. The molecular weight excluding hydrogens is 392 g/mol. The Balaban J connectivity index is 1.29. The van der Waals surface area contributed by atoms with Gasteiger partial charge in [-0.15, -0.1) is 0 Å². The summed E-state index contributed by atoms with van der Waals surface area (Å²) in [4.78, 5) is 18.4. The Bertz CT molecular complexity index is 1010. The molecule has 2 fully saturated rings. The lowest BCUT2D eigenvalue weighted by Crippen LogP contribution is -2.45. The highest BCUT2D eigenvalue weighted by Gasteiger charge is 2.40. The van der Waals surface area contributed by atoms with Crippen LogP contribution in [0.5, 0.6) is 0 Å². The summed E-state index contributed by atoms with van der Waals surface area (Å²) in [5, 5.41) is 2.64. The van der Waals surface area contributed by atoms with E-state index < -0.39 is 17.5 Å². The first-order valence-electron chi connectivity index (χ1n) is 10.00. The fourth-order valence-corrected chi connectivity index (χ4v) is 4.27. The van der Waals surface area contributed by atoms with Gasteiger partial charge in [-0.25, -0.2) is 8.78 Å². The van der Waals surface area contributed by atoms with Gasteiger partial charge in [0.05, 0.1) is 24.6 Å². The van der Waals surface area contributed by atoms with E-state index in [2.05, 4.69) is 10.3 Å². The van der Waals surface area contributed by atoms with Crippen LogP contribution in [0.3, 0.4) is 0 Å². The standard InChI is InChI=1S/C22H21F2N3O3/c23-14-1-3-16-17(21(28)26-19(16)11-14)13-25-15-2-4-20(18(24)12-15)27-7-5-22(6-8-27)29-9-10-30-22/h1-4,11-13,17H,5-10H2,(H,26,28). The van der Waals surface area contributed by atoms with Crippen LogP contribution >= 0.6 is 0 Å². The van der Waals surface area contributed by atoms with E-state index in [1.807, 2.05) is 4.90 Å². The van der Waals surface area contributed by atoms with Crippen molar-refractivity contribution in [3.63, 3.8) is 0 Å². The van der Waals surface area contributed by atoms with Gasteiger partial charge in [0.2, 0.25) is 5.91 Å². The van der Waals surface area contributed by atoms with E-state index in [0.717, 1.165) is 0 Å². The van der Waals surface area contributed by atoms with Gasteiger partial charge in [-0.2, -0.15) is 0 Å². The second kappa shape index (κ2) is 7.45. The van der Waals surface area contributed by atoms with Crippen molar-refractivity contribution < 1.29 is 23.0 Å². The maximum atomic E-state index is 14.8. The number of rotatable bonds is 3. The zero-order valence-corrected chi connectivity index (χ0v) is 16.2. The first-order chi connectivity index (χ1) is 14.5. The fourth-order valence-electron chi connectivity index (χ4n) is 4.27. The third-order valence-electron chi connectivity index (χ3n) is 5.87. The zero-order valence-electron chi connectivity index (χ0n) is 16.2. The molecule has 0 saturated carbocycles. The van der Waals surface area contributed by atoms with E-state index in [9.17, 15) is 13.6 Å². The minimum Gasteiger partial charge on any atom is -0.369 e. The van der Waals surface area contributed by atoms with Crippen LogP contribution in [0.15, 0.2) is 41.4 Å². The number of halogens is 2. The Morgan fingerprint density at radius 1 is 1.10 bits per heavy atom. The fraction of sp³-hybridized carbons (Fsp3) is 0.364. The number of carbonyl (C=O) groups is 1. The molecule has 3 heterocycles. The highest BCUT2D eigenvalue weighted by atomic mass is 19.1. The smallest absolute Gasteiger partial charge is 0.237 e. The molecule has 30 heavy (non-hydrogen) atoms. The summed E-state index contributed by atoms with van der Waals surface area (Å²) >= 11 is 0. The van der Waals surface area contributed by atoms with Gasteiger partial charge in [0.15, 0.2) is 5.79 Å². The van der Waals surface area contributed by atoms with E-state index in [1.165, 1.54) is 24.4 Å². The maximum absolute atomic E-state index is 14.8. The number of fused-ring (bicyclic) bond motifs is 1. The number of nitrogens with zero attached hydrogens (tertiary/aromatic N) is 2. The number of amides is 1. The number of piperidine rings is 1. The Morgan fingerprint density at radius 2 is 1.87 bits per heavy atom. The Labute approximate surface area is 172 Å². The minimum atomic E-state index is -0.631. The van der Waals surface area contributed by atoms with Crippen LogP contribution in [0.2, 0.25) is 0 Å². The number of nitrogens with one attached hydrogen (secondary N) is 1. The Hall–Kier alpha value is -2.84. The van der Waals surface area contributed by atoms with Gasteiger partial charge >= 0.3 is 0 Å². The lowest BCUT2D eigenvalue weighted by Gasteiger charge is -2.38. The van der Waals surface area contributed by atoms with Crippen molar-refractivity contribution in [3.8, 4) is 0 Å². The molecule has 1 unspecified atom stereocenters. The molecule has 0 bridgehead atoms. The van der Waals surface area contributed by atoms with Crippen LogP contribution in [0.25, 0.3) is 0 Å². The number of hydrogen-bond acceptors (Lipinski definition) is 5. The summed E-state index contributed by atoms with van der Waals surface area (Å²) in [6.45, 7) is 2.52. The first-order valence-corrected chi connectivity index (χ1v) is 10.00. The molecule has 3 aliphatic rings. The summed E-state index contributed by atoms with van der Waals surface area (Å²) in [6, 6.07) is 8.93. The van der Waals surface area contributed by atoms with Crippen molar-refractivity contribution in [3.05, 3.63) is 53.6 Å². The second-order valence-corrected chi connectivity index (χ2v) is 7.71. The van der Waals surface area contributed by atoms with Crippen molar-refractivity contribution in [1.29, 1.82) is 0 Å². The average molecular weight is 413 g/mol. The molecule has 3 aliphatic heterocycles. The molecule has 2 saturated heterocycles. The minimum absolute atomic E-state index is 0.282. The third kappa shape index (κ3) is 3.46. The largest absolute Gasteiger partial charge is 0.369 e. The predicted octanol–water partition coefficient (Wildman–Crippen LogP) is 3.75. The number of benzene rings is 2. The number of anilines is 2. The van der Waals surface area contributed by atoms with Crippen LogP contribution in [0, 0.1) is 11.6 Å². The zero-order chi connectivity index (χ0) is 20.7. The molecule has 1 spiro atoms. The molecule has 1 amide bonds. The third-order valence-corrected chi connectivity index (χ3v) is 5.87. The van der Waals surface area contributed by atoms with Crippen LogP contribution < -0.4 is 10.2 Å². The normalized spacial score (nSPS) is 22.7. The van der Waals surface area contributed by atoms with Gasteiger partial charge in [-0.3, -0.25) is 9.79 Å². The molecule has 1 atom stereocenters. The van der Waals surface area contributed by atoms with E-state index in [4.69, 9.17) is 9.47 Å². The molecule has 1 N–H and O–H groups in total. The topological polar surface area (TPSA) is 63.2 Å². The van der Waals surface area contributed by atoms with Crippen LogP contribution in [0.1, 0.15) is 24.3 Å².